The van der Waals surface area contributed by atoms with E-state index in [9.17, 15) is 13.3 Å². The maximum absolute atomic E-state index is 13.3. The van der Waals surface area contributed by atoms with Crippen molar-refractivity contribution in [2.24, 2.45) is 0 Å². The van der Waals surface area contributed by atoms with E-state index >= 15 is 0 Å². The van der Waals surface area contributed by atoms with Gasteiger partial charge in [-0.1, -0.05) is 120 Å². The molecular formula is C48H41Cl2F2N6O4PS2. The number of benzene rings is 6. The van der Waals surface area contributed by atoms with E-state index < -0.39 is 17.0 Å². The Hall–Kier alpha value is -5.15. The van der Waals surface area contributed by atoms with E-state index in [1.807, 2.05) is 116 Å². The largest absolute Gasteiger partial charge is 0.354 e. The molecule has 65 heavy (non-hydrogen) atoms. The molecule has 4 heterocycles. The van der Waals surface area contributed by atoms with Crippen LogP contribution in [0.15, 0.2) is 193 Å². The van der Waals surface area contributed by atoms with Crippen LogP contribution >= 0.6 is 51.7 Å². The highest BCUT2D eigenvalue weighted by molar-refractivity contribution is 8.89. The van der Waals surface area contributed by atoms with E-state index in [2.05, 4.69) is 20.2 Å². The lowest BCUT2D eigenvalue weighted by molar-refractivity contribution is 0.262. The summed E-state index contributed by atoms with van der Waals surface area (Å²) < 4.78 is 60.5. The molecule has 0 N–H and O–H groups in total. The molecule has 0 spiro atoms. The van der Waals surface area contributed by atoms with E-state index in [1.165, 1.54) is 59.7 Å². The first kappa shape index (κ1) is 46.4. The fourth-order valence-electron chi connectivity index (χ4n) is 7.24. The fourth-order valence-corrected chi connectivity index (χ4v) is 14.5. The van der Waals surface area contributed by atoms with Crippen molar-refractivity contribution < 1.29 is 27.3 Å². The van der Waals surface area contributed by atoms with Crippen LogP contribution in [0.5, 0.6) is 0 Å². The molecule has 332 valence electrons. The molecular weight excluding hydrogens is 929 g/mol. The summed E-state index contributed by atoms with van der Waals surface area (Å²) in [6, 6.07) is 47.3. The summed E-state index contributed by atoms with van der Waals surface area (Å²) in [4.78, 5) is 9.86. The molecule has 0 saturated carbocycles. The summed E-state index contributed by atoms with van der Waals surface area (Å²) in [7, 11) is 0. The topological polar surface area (TPSA) is 113 Å². The number of rotatable bonds is 14. The quantitative estimate of drug-likeness (QED) is 0.0771. The summed E-state index contributed by atoms with van der Waals surface area (Å²) in [5.41, 5.74) is 2.37. The minimum Gasteiger partial charge on any atom is -0.354 e. The van der Waals surface area contributed by atoms with Crippen LogP contribution in [-0.2, 0) is 42.9 Å². The second kappa shape index (κ2) is 21.0. The van der Waals surface area contributed by atoms with Gasteiger partial charge in [-0.2, -0.15) is 10.2 Å². The molecule has 0 radical (unpaired) electrons. The van der Waals surface area contributed by atoms with Gasteiger partial charge in [-0.25, -0.2) is 28.1 Å². The number of hydrogen-bond acceptors (Lipinski definition) is 10. The Balaban J connectivity index is 0.000000134. The van der Waals surface area contributed by atoms with Crippen molar-refractivity contribution >= 4 is 51.7 Å². The van der Waals surface area contributed by atoms with Gasteiger partial charge in [0.25, 0.3) is 0 Å². The van der Waals surface area contributed by atoms with Gasteiger partial charge < -0.3 is 14.0 Å². The van der Waals surface area contributed by atoms with Crippen LogP contribution in [0.25, 0.3) is 0 Å². The van der Waals surface area contributed by atoms with E-state index in [-0.39, 0.29) is 23.8 Å². The monoisotopic (exact) mass is 968 g/mol. The lowest BCUT2D eigenvalue weighted by Crippen LogP contribution is -2.19. The molecule has 2 aliphatic heterocycles. The predicted octanol–water partition coefficient (Wildman–Crippen LogP) is 13.2. The average molecular weight is 970 g/mol. The summed E-state index contributed by atoms with van der Waals surface area (Å²) in [6.07, 6.45) is 5.82. The van der Waals surface area contributed by atoms with Crippen molar-refractivity contribution in [3.63, 3.8) is 0 Å². The van der Waals surface area contributed by atoms with Gasteiger partial charge in [-0.05, 0) is 101 Å². The van der Waals surface area contributed by atoms with Crippen LogP contribution in [-0.4, -0.2) is 36.1 Å². The van der Waals surface area contributed by atoms with Crippen LogP contribution in [0.4, 0.5) is 8.78 Å². The minimum absolute atomic E-state index is 0.203. The van der Waals surface area contributed by atoms with Crippen molar-refractivity contribution in [2.75, 3.05) is 6.61 Å². The Morgan fingerprint density at radius 1 is 0.600 bits per heavy atom. The van der Waals surface area contributed by atoms with Crippen molar-refractivity contribution in [3.05, 3.63) is 227 Å². The first-order chi connectivity index (χ1) is 31.6. The molecule has 0 aliphatic carbocycles. The van der Waals surface area contributed by atoms with Gasteiger partial charge in [-0.3, -0.25) is 4.57 Å². The number of hydrogen-bond donors (Lipinski definition) is 0. The lowest BCUT2D eigenvalue weighted by atomic mass is 9.91. The van der Waals surface area contributed by atoms with Gasteiger partial charge in [0, 0.05) is 31.0 Å². The van der Waals surface area contributed by atoms with Gasteiger partial charge in [0.15, 0.2) is 0 Å². The maximum Gasteiger partial charge on any atom is 0.322 e. The Labute approximate surface area is 393 Å². The van der Waals surface area contributed by atoms with Crippen LogP contribution in [0, 0.1) is 11.6 Å². The lowest BCUT2D eigenvalue weighted by Gasteiger charge is -2.16. The zero-order chi connectivity index (χ0) is 45.3. The summed E-state index contributed by atoms with van der Waals surface area (Å²) in [5, 5.41) is 9.61. The summed E-state index contributed by atoms with van der Waals surface area (Å²) >= 11 is 15.2. The molecule has 0 unspecified atom stereocenters. The number of epoxide rings is 2. The van der Waals surface area contributed by atoms with E-state index in [4.69, 9.17) is 37.2 Å². The van der Waals surface area contributed by atoms with Crippen LogP contribution in [0.1, 0.15) is 41.4 Å². The van der Waals surface area contributed by atoms with E-state index in [1.54, 1.807) is 46.3 Å². The third kappa shape index (κ3) is 11.5. The highest BCUT2D eigenvalue weighted by Crippen LogP contribution is 2.74. The zero-order valence-electron chi connectivity index (χ0n) is 34.7. The number of aromatic nitrogens is 6. The predicted molar refractivity (Wildman–Crippen MR) is 251 cm³/mol. The van der Waals surface area contributed by atoms with Gasteiger partial charge in [0.2, 0.25) is 0 Å². The first-order valence-electron chi connectivity index (χ1n) is 20.3. The molecule has 0 amide bonds. The number of ether oxygens (including phenoxy) is 2. The Kier molecular flexibility index (Phi) is 15.0. The smallest absolute Gasteiger partial charge is 0.322 e. The molecule has 2 aromatic heterocycles. The normalized spacial score (nSPS) is 19.6. The minimum atomic E-state index is -2.83. The Bertz CT molecular complexity index is 2620. The van der Waals surface area contributed by atoms with E-state index in [0.29, 0.717) is 29.7 Å². The molecule has 10 rings (SSSR count). The molecule has 2 fully saturated rings. The van der Waals surface area contributed by atoms with Crippen LogP contribution in [0.2, 0.25) is 10.0 Å². The van der Waals surface area contributed by atoms with Crippen molar-refractivity contribution in [1.82, 2.24) is 29.5 Å². The van der Waals surface area contributed by atoms with Gasteiger partial charge in [0.1, 0.15) is 60.4 Å². The number of halogens is 4. The van der Waals surface area contributed by atoms with Crippen molar-refractivity contribution in [3.8, 4) is 0 Å². The zero-order valence-corrected chi connectivity index (χ0v) is 38.7. The molecule has 2 saturated heterocycles. The first-order valence-corrected chi connectivity index (χ1v) is 25.6. The maximum atomic E-state index is 13.3. The highest BCUT2D eigenvalue weighted by atomic mass is 35.5. The van der Waals surface area contributed by atoms with Crippen molar-refractivity contribution in [1.29, 1.82) is 0 Å². The molecule has 6 aromatic carbocycles. The molecule has 10 nitrogen and oxygen atoms in total. The average Bonchev–Trinajstić information content (AvgIpc) is 4.00. The van der Waals surface area contributed by atoms with Crippen LogP contribution < -0.4 is 0 Å². The SMILES string of the molecule is CCOP(=O)(Sc1ccccc1)Sc1ccccc1.Fc1ccc([C@@]2(Cn3cncn3)O[C@@H]2c2ccccc2Cl)cc1.Fc1ccc([C@]2(Cn3cncn3)O[C@H]2c2ccccc2Cl)cc1. The molecule has 2 aliphatic rings. The summed E-state index contributed by atoms with van der Waals surface area (Å²) in [6.45, 7) is 3.27. The summed E-state index contributed by atoms with van der Waals surface area (Å²) in [5.74, 6) is -3.39. The molecule has 17 heteroatoms. The Morgan fingerprint density at radius 3 is 1.34 bits per heavy atom. The molecule has 0 bridgehead atoms. The second-order valence-corrected chi connectivity index (χ2v) is 22.6. The van der Waals surface area contributed by atoms with Crippen LogP contribution in [0.3, 0.4) is 0 Å². The third-order valence-corrected chi connectivity index (χ3v) is 17.6. The van der Waals surface area contributed by atoms with Gasteiger partial charge >= 0.3 is 5.77 Å². The number of nitrogens with zero attached hydrogens (tertiary/aromatic N) is 6. The highest BCUT2D eigenvalue weighted by Gasteiger charge is 2.60. The van der Waals surface area contributed by atoms with Gasteiger partial charge in [-0.15, -0.1) is 0 Å². The molecule has 4 atom stereocenters. The Morgan fingerprint density at radius 2 is 0.985 bits per heavy atom. The third-order valence-electron chi connectivity index (χ3n) is 10.4. The van der Waals surface area contributed by atoms with E-state index in [0.717, 1.165) is 32.0 Å². The van der Waals surface area contributed by atoms with Gasteiger partial charge in [0.05, 0.1) is 19.7 Å². The second-order valence-electron chi connectivity index (χ2n) is 14.7. The standard InChI is InChI=1S/2C17H13ClFN3O.C14H15O2PS2/c2*18-15-4-2-1-3-14(15)16-17(23-16,9-22-11-20-10-21-22)12-5-7-13(19)8-6-12;1-2-16-17(15,18-13-9-5-3-6-10-13)19-14-11-7-4-8-12-14/h2*1-8,10-11,16H,9H2;3-12H,2H2,1H3/t2*16-,17-;/m10./s1. The fraction of sp³-hybridized carbons (Fsp3) is 0.167. The molecule has 8 aromatic rings. The van der Waals surface area contributed by atoms with Crippen molar-refractivity contribution in [2.45, 2.75) is 53.2 Å².